The van der Waals surface area contributed by atoms with Crippen LogP contribution in [0.4, 0.5) is 18.9 Å². The van der Waals surface area contributed by atoms with Gasteiger partial charge in [0.05, 0.1) is 12.1 Å². The van der Waals surface area contributed by atoms with Crippen molar-refractivity contribution in [2.45, 2.75) is 39.7 Å². The summed E-state index contributed by atoms with van der Waals surface area (Å²) in [4.78, 5) is 36.1. The number of nitrogens with one attached hydrogen (secondary N) is 1. The van der Waals surface area contributed by atoms with E-state index in [1.165, 1.54) is 6.92 Å². The number of carbonyl (C=O) groups is 3. The molecule has 2 aromatic carbocycles. The monoisotopic (exact) mass is 407 g/mol. The van der Waals surface area contributed by atoms with Gasteiger partial charge in [-0.15, -0.1) is 0 Å². The Morgan fingerprint density at radius 1 is 0.966 bits per heavy atom. The molecule has 0 unspecified atom stereocenters. The number of halogens is 3. The first kappa shape index (κ1) is 22.1. The van der Waals surface area contributed by atoms with Gasteiger partial charge in [-0.05, 0) is 50.1 Å². The lowest BCUT2D eigenvalue weighted by atomic mass is 10.0. The van der Waals surface area contributed by atoms with Crippen LogP contribution in [0.1, 0.15) is 41.3 Å². The van der Waals surface area contributed by atoms with E-state index >= 15 is 0 Å². The van der Waals surface area contributed by atoms with Crippen LogP contribution in [-0.2, 0) is 14.3 Å². The van der Waals surface area contributed by atoms with E-state index in [1.807, 2.05) is 25.2 Å². The van der Waals surface area contributed by atoms with Gasteiger partial charge in [0, 0.05) is 12.0 Å². The Balaban J connectivity index is 1.88. The zero-order valence-electron chi connectivity index (χ0n) is 16.1. The van der Waals surface area contributed by atoms with Crippen LogP contribution in [0.15, 0.2) is 30.3 Å². The molecular formula is C21H20F3NO4. The molecule has 2 rings (SSSR count). The van der Waals surface area contributed by atoms with Crippen molar-refractivity contribution in [3.63, 3.8) is 0 Å². The fraction of sp³-hybridized carbons (Fsp3) is 0.286. The molecule has 0 saturated heterocycles. The highest BCUT2D eigenvalue weighted by atomic mass is 19.2. The van der Waals surface area contributed by atoms with E-state index in [9.17, 15) is 27.6 Å². The number of aryl methyl sites for hydroxylation is 2. The molecule has 0 saturated carbocycles. The number of ether oxygens (including phenoxy) is 1. The van der Waals surface area contributed by atoms with Gasteiger partial charge in [0.1, 0.15) is 0 Å². The Bertz CT molecular complexity index is 959. The van der Waals surface area contributed by atoms with Crippen LogP contribution in [-0.4, -0.2) is 23.8 Å². The van der Waals surface area contributed by atoms with E-state index in [4.69, 9.17) is 4.74 Å². The summed E-state index contributed by atoms with van der Waals surface area (Å²) in [6.07, 6.45) is -1.68. The second-order valence-electron chi connectivity index (χ2n) is 6.57. The third-order valence-corrected chi connectivity index (χ3v) is 4.36. The van der Waals surface area contributed by atoms with Crippen LogP contribution in [0.3, 0.4) is 0 Å². The number of hydrogen-bond acceptors (Lipinski definition) is 4. The maximum atomic E-state index is 13.6. The molecule has 0 fully saturated rings. The average molecular weight is 407 g/mol. The van der Waals surface area contributed by atoms with E-state index in [0.29, 0.717) is 11.6 Å². The maximum Gasteiger partial charge on any atom is 0.307 e. The van der Waals surface area contributed by atoms with Gasteiger partial charge in [0.2, 0.25) is 0 Å². The molecule has 29 heavy (non-hydrogen) atoms. The van der Waals surface area contributed by atoms with Crippen molar-refractivity contribution in [1.82, 2.24) is 0 Å². The number of amides is 1. The molecular weight excluding hydrogens is 387 g/mol. The Morgan fingerprint density at radius 2 is 1.66 bits per heavy atom. The van der Waals surface area contributed by atoms with Crippen molar-refractivity contribution in [2.24, 2.45) is 0 Å². The number of Topliss-reactive ketones (excluding diaryl/α,β-unsaturated/α-hetero) is 1. The SMILES string of the molecule is Cc1ccc(C(=O)CCC(=O)O[C@@H](C)C(=O)Nc2ccc(F)c(F)c2F)cc1C. The first-order valence-electron chi connectivity index (χ1n) is 8.84. The summed E-state index contributed by atoms with van der Waals surface area (Å²) in [6, 6.07) is 6.72. The van der Waals surface area contributed by atoms with Crippen LogP contribution in [0.25, 0.3) is 0 Å². The number of anilines is 1. The van der Waals surface area contributed by atoms with Crippen LogP contribution < -0.4 is 5.32 Å². The first-order valence-corrected chi connectivity index (χ1v) is 8.84. The minimum atomic E-state index is -1.72. The minimum absolute atomic E-state index is 0.104. The molecule has 2 aromatic rings. The highest BCUT2D eigenvalue weighted by molar-refractivity contribution is 5.98. The van der Waals surface area contributed by atoms with E-state index in [2.05, 4.69) is 0 Å². The lowest BCUT2D eigenvalue weighted by Crippen LogP contribution is -2.30. The Labute approximate surface area is 165 Å². The predicted octanol–water partition coefficient (Wildman–Crippen LogP) is 4.25. The molecule has 154 valence electrons. The van der Waals surface area contributed by atoms with Gasteiger partial charge in [-0.2, -0.15) is 0 Å². The molecule has 0 spiro atoms. The van der Waals surface area contributed by atoms with Crippen molar-refractivity contribution in [3.05, 3.63) is 64.5 Å². The molecule has 0 radical (unpaired) electrons. The third-order valence-electron chi connectivity index (χ3n) is 4.36. The largest absolute Gasteiger partial charge is 0.453 e. The molecule has 0 aliphatic rings. The molecule has 0 bridgehead atoms. The topological polar surface area (TPSA) is 72.5 Å². The second kappa shape index (κ2) is 9.36. The molecule has 0 aromatic heterocycles. The summed E-state index contributed by atoms with van der Waals surface area (Å²) >= 11 is 0. The predicted molar refractivity (Wildman–Crippen MR) is 100.0 cm³/mol. The molecule has 0 aliphatic carbocycles. The quantitative estimate of drug-likeness (QED) is 0.423. The maximum absolute atomic E-state index is 13.6. The minimum Gasteiger partial charge on any atom is -0.453 e. The normalized spacial score (nSPS) is 11.7. The summed E-state index contributed by atoms with van der Waals surface area (Å²) in [6.45, 7) is 5.02. The Morgan fingerprint density at radius 3 is 2.31 bits per heavy atom. The molecule has 1 N–H and O–H groups in total. The van der Waals surface area contributed by atoms with E-state index < -0.39 is 41.1 Å². The van der Waals surface area contributed by atoms with Crippen molar-refractivity contribution in [1.29, 1.82) is 0 Å². The molecule has 1 atom stereocenters. The number of benzene rings is 2. The highest BCUT2D eigenvalue weighted by Gasteiger charge is 2.21. The fourth-order valence-corrected chi connectivity index (χ4v) is 2.44. The van der Waals surface area contributed by atoms with E-state index in [-0.39, 0.29) is 18.6 Å². The van der Waals surface area contributed by atoms with E-state index in [0.717, 1.165) is 17.2 Å². The standard InChI is InChI=1S/C21H20F3NO4/c1-11-4-5-14(10-12(11)2)17(26)8-9-18(27)29-13(3)21(28)25-16-7-6-15(22)19(23)20(16)24/h4-7,10,13H,8-9H2,1-3H3,(H,25,28)/t13-/m0/s1. The molecule has 1 amide bonds. The Kier molecular flexibility index (Phi) is 7.14. The highest BCUT2D eigenvalue weighted by Crippen LogP contribution is 2.20. The zero-order chi connectivity index (χ0) is 21.7. The van der Waals surface area contributed by atoms with Gasteiger partial charge >= 0.3 is 5.97 Å². The van der Waals surface area contributed by atoms with Gasteiger partial charge in [0.25, 0.3) is 5.91 Å². The van der Waals surface area contributed by atoms with Crippen molar-refractivity contribution in [3.8, 4) is 0 Å². The van der Waals surface area contributed by atoms with Crippen molar-refractivity contribution in [2.75, 3.05) is 5.32 Å². The van der Waals surface area contributed by atoms with Crippen LogP contribution in [0, 0.1) is 31.3 Å². The number of hydrogen-bond donors (Lipinski definition) is 1. The zero-order valence-corrected chi connectivity index (χ0v) is 16.1. The summed E-state index contributed by atoms with van der Waals surface area (Å²) in [7, 11) is 0. The Hall–Kier alpha value is -3.16. The van der Waals surface area contributed by atoms with Crippen LogP contribution >= 0.6 is 0 Å². The average Bonchev–Trinajstić information content (AvgIpc) is 2.68. The lowest BCUT2D eigenvalue weighted by molar-refractivity contribution is -0.153. The number of rotatable bonds is 7. The number of ketones is 1. The molecule has 8 heteroatoms. The third kappa shape index (κ3) is 5.66. The van der Waals surface area contributed by atoms with Gasteiger partial charge in [-0.3, -0.25) is 14.4 Å². The first-order chi connectivity index (χ1) is 13.6. The van der Waals surface area contributed by atoms with E-state index in [1.54, 1.807) is 12.1 Å². The molecule has 0 aliphatic heterocycles. The smallest absolute Gasteiger partial charge is 0.307 e. The number of esters is 1. The van der Waals surface area contributed by atoms with Gasteiger partial charge in [0.15, 0.2) is 29.3 Å². The summed E-state index contributed by atoms with van der Waals surface area (Å²) < 4.78 is 44.6. The van der Waals surface area contributed by atoms with Crippen molar-refractivity contribution >= 4 is 23.3 Å². The second-order valence-corrected chi connectivity index (χ2v) is 6.57. The van der Waals surface area contributed by atoms with Crippen LogP contribution in [0.5, 0.6) is 0 Å². The fourth-order valence-electron chi connectivity index (χ4n) is 2.44. The van der Waals surface area contributed by atoms with Crippen molar-refractivity contribution < 1.29 is 32.3 Å². The molecule has 5 nitrogen and oxygen atoms in total. The molecule has 0 heterocycles. The van der Waals surface area contributed by atoms with Gasteiger partial charge in [-0.1, -0.05) is 12.1 Å². The van der Waals surface area contributed by atoms with Gasteiger partial charge in [-0.25, -0.2) is 13.2 Å². The lowest BCUT2D eigenvalue weighted by Gasteiger charge is -2.14. The summed E-state index contributed by atoms with van der Waals surface area (Å²) in [5.41, 5.74) is 1.88. The summed E-state index contributed by atoms with van der Waals surface area (Å²) in [5.74, 6) is -6.65. The number of carbonyl (C=O) groups excluding carboxylic acids is 3. The summed E-state index contributed by atoms with van der Waals surface area (Å²) in [5, 5.41) is 2.02. The van der Waals surface area contributed by atoms with Crippen LogP contribution in [0.2, 0.25) is 0 Å². The van der Waals surface area contributed by atoms with Gasteiger partial charge < -0.3 is 10.1 Å².